The van der Waals surface area contributed by atoms with E-state index in [2.05, 4.69) is 59.7 Å². The van der Waals surface area contributed by atoms with Crippen molar-refractivity contribution in [1.29, 1.82) is 0 Å². The van der Waals surface area contributed by atoms with Crippen molar-refractivity contribution >= 4 is 26.1 Å². The summed E-state index contributed by atoms with van der Waals surface area (Å²) in [5, 5.41) is -0.327. The quantitative estimate of drug-likeness (QED) is 0.237. The molecular weight excluding hydrogens is 383 g/mol. The van der Waals surface area contributed by atoms with Crippen molar-refractivity contribution in [3.8, 4) is 0 Å². The molecule has 0 radical (unpaired) electrons. The van der Waals surface area contributed by atoms with E-state index in [9.17, 15) is 0 Å². The summed E-state index contributed by atoms with van der Waals surface area (Å²) in [5.41, 5.74) is 1.53. The van der Waals surface area contributed by atoms with Crippen LogP contribution in [0.1, 0.15) is 50.5 Å². The number of hydrogen-bond acceptors (Lipinski definition) is 2. The molecule has 0 amide bonds. The molecule has 1 rings (SSSR count). The van der Waals surface area contributed by atoms with Gasteiger partial charge in [0.1, 0.15) is 0 Å². The standard InChI is InChI=1S/C20H36BrO2P/c1-22-20(23-2)17-11-9-7-6-8-10-14-18-15-12-13-16-19(18)24(3,4,5)21/h12-13,15-16,20H,6-11,14,17H2,1-5H3. The number of unbranched alkanes of at least 4 members (excludes halogenated alkanes) is 5. The Kier molecular flexibility index (Phi) is 9.44. The van der Waals surface area contributed by atoms with Crippen molar-refractivity contribution < 1.29 is 9.47 Å². The zero-order valence-electron chi connectivity index (χ0n) is 16.2. The van der Waals surface area contributed by atoms with Gasteiger partial charge in [0.2, 0.25) is 0 Å². The van der Waals surface area contributed by atoms with Gasteiger partial charge in [0, 0.05) is 14.2 Å². The molecule has 0 aliphatic carbocycles. The van der Waals surface area contributed by atoms with Gasteiger partial charge >= 0.3 is 143 Å². The van der Waals surface area contributed by atoms with Gasteiger partial charge in [-0.3, -0.25) is 0 Å². The predicted octanol–water partition coefficient (Wildman–Crippen LogP) is 5.96. The summed E-state index contributed by atoms with van der Waals surface area (Å²) in [7, 11) is 3.42. The van der Waals surface area contributed by atoms with Gasteiger partial charge in [-0.2, -0.15) is 0 Å². The van der Waals surface area contributed by atoms with Crippen LogP contribution in [0.15, 0.2) is 24.3 Å². The Balaban J connectivity index is 2.25. The van der Waals surface area contributed by atoms with E-state index in [1.807, 2.05) is 0 Å². The van der Waals surface area contributed by atoms with Crippen molar-refractivity contribution in [2.75, 3.05) is 34.2 Å². The molecular formula is C20H36BrO2P. The van der Waals surface area contributed by atoms with Crippen LogP contribution in [0.2, 0.25) is 0 Å². The molecule has 4 heteroatoms. The van der Waals surface area contributed by atoms with Gasteiger partial charge in [0.15, 0.2) is 0 Å². The topological polar surface area (TPSA) is 18.5 Å². The van der Waals surface area contributed by atoms with Crippen LogP contribution in [-0.2, 0) is 15.9 Å². The van der Waals surface area contributed by atoms with Gasteiger partial charge in [-0.15, -0.1) is 0 Å². The minimum atomic E-state index is -1.86. The molecule has 0 unspecified atom stereocenters. The van der Waals surface area contributed by atoms with Gasteiger partial charge < -0.3 is 0 Å². The first kappa shape index (κ1) is 22.1. The molecule has 0 aliphatic heterocycles. The van der Waals surface area contributed by atoms with E-state index in [1.165, 1.54) is 55.8 Å². The Morgan fingerprint density at radius 2 is 1.42 bits per heavy atom. The molecule has 2 nitrogen and oxygen atoms in total. The van der Waals surface area contributed by atoms with Gasteiger partial charge in [0.05, 0.1) is 0 Å². The van der Waals surface area contributed by atoms with Crippen molar-refractivity contribution in [3.05, 3.63) is 29.8 Å². The summed E-state index contributed by atoms with van der Waals surface area (Å²) in [5.74, 6) is 0. The fourth-order valence-corrected chi connectivity index (χ4v) is 5.91. The third-order valence-corrected chi connectivity index (χ3v) is 7.68. The fraction of sp³-hybridized carbons (Fsp3) is 0.700. The minimum Gasteiger partial charge on any atom is 0.0386 e. The minimum absolute atomic E-state index is 0.0283. The summed E-state index contributed by atoms with van der Waals surface area (Å²) in [4.78, 5) is 0. The normalized spacial score (nSPS) is 13.9. The Morgan fingerprint density at radius 1 is 0.875 bits per heavy atom. The predicted molar refractivity (Wildman–Crippen MR) is 114 cm³/mol. The maximum atomic E-state index is 5.22. The van der Waals surface area contributed by atoms with Crippen molar-refractivity contribution in [1.82, 2.24) is 0 Å². The molecule has 0 fully saturated rings. The zero-order chi connectivity index (χ0) is 18.1. The number of rotatable bonds is 12. The summed E-state index contributed by atoms with van der Waals surface area (Å²) in [6.07, 6.45) is 9.89. The van der Waals surface area contributed by atoms with Crippen LogP contribution in [0.4, 0.5) is 0 Å². The van der Waals surface area contributed by atoms with E-state index in [0.717, 1.165) is 6.42 Å². The number of halogens is 1. The van der Waals surface area contributed by atoms with Crippen molar-refractivity contribution in [3.63, 3.8) is 0 Å². The molecule has 0 aromatic heterocycles. The second kappa shape index (κ2) is 10.3. The van der Waals surface area contributed by atoms with E-state index in [0.29, 0.717) is 0 Å². The molecule has 1 aromatic rings. The van der Waals surface area contributed by atoms with E-state index in [1.54, 1.807) is 14.2 Å². The summed E-state index contributed by atoms with van der Waals surface area (Å²) >= 11 is 4.03. The number of aryl methyl sites for hydroxylation is 1. The molecule has 1 aromatic carbocycles. The molecule has 0 spiro atoms. The maximum absolute atomic E-state index is 5.22. The summed E-state index contributed by atoms with van der Waals surface area (Å²) in [6.45, 7) is 7.12. The van der Waals surface area contributed by atoms with Gasteiger partial charge in [-0.25, -0.2) is 0 Å². The number of benzene rings is 1. The molecule has 0 N–H and O–H groups in total. The van der Waals surface area contributed by atoms with Gasteiger partial charge in [-0.05, 0) is 0 Å². The molecule has 140 valence electrons. The first-order valence-electron chi connectivity index (χ1n) is 9.11. The molecule has 0 heterocycles. The Hall–Kier alpha value is 0.0500. The molecule has 0 saturated heterocycles. The van der Waals surface area contributed by atoms with Gasteiger partial charge in [0.25, 0.3) is 0 Å². The molecule has 0 aliphatic rings. The van der Waals surface area contributed by atoms with Crippen LogP contribution in [0.25, 0.3) is 0 Å². The number of hydrogen-bond donors (Lipinski definition) is 0. The van der Waals surface area contributed by atoms with Crippen molar-refractivity contribution in [2.45, 2.75) is 57.7 Å². The Labute approximate surface area is 157 Å². The first-order chi connectivity index (χ1) is 11.2. The third kappa shape index (κ3) is 8.43. The third-order valence-electron chi connectivity index (χ3n) is 4.47. The van der Waals surface area contributed by atoms with Crippen LogP contribution in [0.3, 0.4) is 0 Å². The molecule has 0 saturated carbocycles. The van der Waals surface area contributed by atoms with Crippen LogP contribution in [0.5, 0.6) is 0 Å². The Bertz CT molecular complexity index is 469. The van der Waals surface area contributed by atoms with E-state index < -0.39 is 5.31 Å². The first-order valence-corrected chi connectivity index (χ1v) is 14.7. The average Bonchev–Trinajstić information content (AvgIpc) is 2.52. The molecule has 0 bridgehead atoms. The second-order valence-corrected chi connectivity index (χ2v) is 20.9. The summed E-state index contributed by atoms with van der Waals surface area (Å²) < 4.78 is 10.4. The number of methoxy groups -OCH3 is 2. The molecule has 0 atom stereocenters. The average molecular weight is 419 g/mol. The molecule has 24 heavy (non-hydrogen) atoms. The Morgan fingerprint density at radius 3 is 2.00 bits per heavy atom. The van der Waals surface area contributed by atoms with Crippen LogP contribution in [-0.4, -0.2) is 40.5 Å². The van der Waals surface area contributed by atoms with E-state index >= 15 is 0 Å². The smallest absolute Gasteiger partial charge is 0.0386 e. The van der Waals surface area contributed by atoms with Crippen LogP contribution in [0, 0.1) is 0 Å². The van der Waals surface area contributed by atoms with Gasteiger partial charge in [-0.1, -0.05) is 0 Å². The van der Waals surface area contributed by atoms with Crippen molar-refractivity contribution in [2.24, 2.45) is 0 Å². The monoisotopic (exact) mass is 418 g/mol. The SMILES string of the molecule is COC(CCCCCCCCc1ccccc1P(C)(C)(C)Br)OC. The zero-order valence-corrected chi connectivity index (χ0v) is 18.7. The van der Waals surface area contributed by atoms with Crippen LogP contribution < -0.4 is 5.30 Å². The van der Waals surface area contributed by atoms with E-state index in [4.69, 9.17) is 9.47 Å². The van der Waals surface area contributed by atoms with E-state index in [-0.39, 0.29) is 6.29 Å². The van der Waals surface area contributed by atoms with Crippen LogP contribution >= 0.6 is 20.8 Å². The summed E-state index contributed by atoms with van der Waals surface area (Å²) in [6, 6.07) is 8.97. The fourth-order valence-electron chi connectivity index (χ4n) is 3.12. The second-order valence-electron chi connectivity index (χ2n) is 7.79. The number of ether oxygens (including phenoxy) is 2.